The lowest BCUT2D eigenvalue weighted by Crippen LogP contribution is -2.17. The number of aromatic nitrogens is 3. The minimum absolute atomic E-state index is 0.108. The van der Waals surface area contributed by atoms with Crippen molar-refractivity contribution < 1.29 is 9.90 Å². The summed E-state index contributed by atoms with van der Waals surface area (Å²) in [4.78, 5) is 11.6. The number of hydrogen-bond acceptors (Lipinski definition) is 4. The topological polar surface area (TPSA) is 80.0 Å². The lowest BCUT2D eigenvalue weighted by Gasteiger charge is -2.06. The van der Waals surface area contributed by atoms with E-state index in [1.807, 2.05) is 24.3 Å². The first-order valence-corrected chi connectivity index (χ1v) is 5.22. The molecular formula is C11H10N4O2. The van der Waals surface area contributed by atoms with Gasteiger partial charge in [0, 0.05) is 5.56 Å². The summed E-state index contributed by atoms with van der Waals surface area (Å²) in [5, 5.41) is 19.8. The number of amides is 1. The molecule has 0 aliphatic carbocycles. The van der Waals surface area contributed by atoms with E-state index in [1.54, 1.807) is 0 Å². The van der Waals surface area contributed by atoms with Crippen LogP contribution in [0, 0.1) is 0 Å². The summed E-state index contributed by atoms with van der Waals surface area (Å²) in [5.41, 5.74) is 2.72. The number of benzene rings is 1. The second kappa shape index (κ2) is 3.67. The largest absolute Gasteiger partial charge is 0.390 e. The summed E-state index contributed by atoms with van der Waals surface area (Å²) in [7, 11) is 0. The summed E-state index contributed by atoms with van der Waals surface area (Å²) >= 11 is 0. The number of hydrogen-bond donors (Lipinski definition) is 2. The molecule has 0 saturated carbocycles. The van der Waals surface area contributed by atoms with E-state index in [-0.39, 0.29) is 19.1 Å². The first kappa shape index (κ1) is 9.98. The highest BCUT2D eigenvalue weighted by Gasteiger charge is 2.22. The maximum Gasteiger partial charge on any atom is 0.246 e. The molecule has 0 bridgehead atoms. The molecule has 6 heteroatoms. The number of para-hydroxylation sites is 1. The Hall–Kier alpha value is -2.21. The summed E-state index contributed by atoms with van der Waals surface area (Å²) in [6.45, 7) is -0.0884. The Bertz CT molecular complexity index is 591. The van der Waals surface area contributed by atoms with Crippen molar-refractivity contribution in [1.82, 2.24) is 15.0 Å². The molecule has 2 aromatic rings. The second-order valence-corrected chi connectivity index (χ2v) is 3.79. The number of anilines is 1. The Morgan fingerprint density at radius 2 is 2.24 bits per heavy atom. The fourth-order valence-corrected chi connectivity index (χ4v) is 1.99. The molecule has 0 spiro atoms. The van der Waals surface area contributed by atoms with E-state index in [0.29, 0.717) is 17.1 Å². The summed E-state index contributed by atoms with van der Waals surface area (Å²) in [6.07, 6.45) is 0. The lowest BCUT2D eigenvalue weighted by atomic mass is 10.1. The molecule has 17 heavy (non-hydrogen) atoms. The van der Waals surface area contributed by atoms with Gasteiger partial charge in [-0.1, -0.05) is 23.4 Å². The van der Waals surface area contributed by atoms with E-state index < -0.39 is 0 Å². The number of aliphatic hydroxyl groups excluding tert-OH is 1. The van der Waals surface area contributed by atoms with Crippen molar-refractivity contribution in [2.75, 3.05) is 5.32 Å². The molecule has 6 nitrogen and oxygen atoms in total. The Morgan fingerprint density at radius 1 is 1.41 bits per heavy atom. The van der Waals surface area contributed by atoms with Gasteiger partial charge in [0.05, 0.1) is 18.0 Å². The number of carbonyl (C=O) groups is 1. The quantitative estimate of drug-likeness (QED) is 0.742. The zero-order chi connectivity index (χ0) is 11.8. The maximum atomic E-state index is 11.6. The van der Waals surface area contributed by atoms with Crippen LogP contribution >= 0.6 is 0 Å². The average Bonchev–Trinajstić information content (AvgIpc) is 2.66. The van der Waals surface area contributed by atoms with Gasteiger partial charge in [0.15, 0.2) is 0 Å². The fraction of sp³-hybridized carbons (Fsp3) is 0.182. The van der Waals surface area contributed by atoms with Gasteiger partial charge in [0.25, 0.3) is 0 Å². The van der Waals surface area contributed by atoms with Crippen LogP contribution < -0.4 is 5.32 Å². The predicted molar refractivity (Wildman–Crippen MR) is 60.0 cm³/mol. The summed E-state index contributed by atoms with van der Waals surface area (Å²) in [5.74, 6) is -0.148. The zero-order valence-corrected chi connectivity index (χ0v) is 8.92. The third-order valence-electron chi connectivity index (χ3n) is 2.70. The van der Waals surface area contributed by atoms with E-state index >= 15 is 0 Å². The molecule has 0 radical (unpaired) electrons. The van der Waals surface area contributed by atoms with Gasteiger partial charge in [0.2, 0.25) is 5.91 Å². The third-order valence-corrected chi connectivity index (χ3v) is 2.70. The van der Waals surface area contributed by atoms with Gasteiger partial charge in [0.1, 0.15) is 12.2 Å². The summed E-state index contributed by atoms with van der Waals surface area (Å²) in [6, 6.07) is 7.40. The van der Waals surface area contributed by atoms with E-state index in [2.05, 4.69) is 15.6 Å². The Balaban J connectivity index is 2.30. The molecule has 1 aliphatic heterocycles. The standard InChI is InChI=1S/C11H10N4O2/c16-6-9-11-7-3-1-2-4-8(7)12-10(17)5-15(11)14-13-9/h1-4,16H,5-6H2,(H,12,17). The minimum Gasteiger partial charge on any atom is -0.390 e. The van der Waals surface area contributed by atoms with Crippen molar-refractivity contribution in [2.45, 2.75) is 13.2 Å². The van der Waals surface area contributed by atoms with E-state index in [9.17, 15) is 9.90 Å². The molecule has 3 rings (SSSR count). The first-order valence-electron chi connectivity index (χ1n) is 5.22. The lowest BCUT2D eigenvalue weighted by molar-refractivity contribution is -0.116. The molecule has 2 heterocycles. The van der Waals surface area contributed by atoms with Crippen LogP contribution in [0.2, 0.25) is 0 Å². The van der Waals surface area contributed by atoms with Crippen molar-refractivity contribution in [2.24, 2.45) is 0 Å². The van der Waals surface area contributed by atoms with E-state index in [4.69, 9.17) is 0 Å². The molecule has 1 aliphatic rings. The number of aliphatic hydroxyl groups is 1. The van der Waals surface area contributed by atoms with Crippen LogP contribution in [0.1, 0.15) is 5.69 Å². The monoisotopic (exact) mass is 230 g/mol. The molecule has 0 atom stereocenters. The SMILES string of the molecule is O=C1Cn2nnc(CO)c2-c2ccccc2N1. The van der Waals surface area contributed by atoms with Gasteiger partial charge < -0.3 is 10.4 Å². The van der Waals surface area contributed by atoms with Crippen LogP contribution in [0.15, 0.2) is 24.3 Å². The molecule has 0 saturated heterocycles. The number of fused-ring (bicyclic) bond motifs is 3. The molecule has 0 fully saturated rings. The molecular weight excluding hydrogens is 220 g/mol. The number of nitrogens with zero attached hydrogens (tertiary/aromatic N) is 3. The van der Waals surface area contributed by atoms with Crippen molar-refractivity contribution >= 4 is 11.6 Å². The van der Waals surface area contributed by atoms with Crippen LogP contribution in [0.4, 0.5) is 5.69 Å². The molecule has 0 unspecified atom stereocenters. The van der Waals surface area contributed by atoms with Crippen LogP contribution in [-0.4, -0.2) is 26.0 Å². The average molecular weight is 230 g/mol. The second-order valence-electron chi connectivity index (χ2n) is 3.79. The van der Waals surface area contributed by atoms with Crippen molar-refractivity contribution in [3.8, 4) is 11.3 Å². The van der Waals surface area contributed by atoms with Gasteiger partial charge in [-0.3, -0.25) is 4.79 Å². The van der Waals surface area contributed by atoms with Gasteiger partial charge in [-0.05, 0) is 6.07 Å². The van der Waals surface area contributed by atoms with Crippen LogP contribution in [0.3, 0.4) is 0 Å². The normalized spacial score (nSPS) is 13.6. The number of rotatable bonds is 1. The highest BCUT2D eigenvalue weighted by Crippen LogP contribution is 2.31. The van der Waals surface area contributed by atoms with Crippen molar-refractivity contribution in [3.05, 3.63) is 30.0 Å². The molecule has 1 aromatic carbocycles. The van der Waals surface area contributed by atoms with E-state index in [0.717, 1.165) is 5.56 Å². The van der Waals surface area contributed by atoms with Gasteiger partial charge in [-0.2, -0.15) is 0 Å². The Kier molecular flexibility index (Phi) is 2.15. The molecule has 1 amide bonds. The van der Waals surface area contributed by atoms with Gasteiger partial charge in [-0.25, -0.2) is 4.68 Å². The smallest absolute Gasteiger partial charge is 0.246 e. The Labute approximate surface area is 96.9 Å². The van der Waals surface area contributed by atoms with Gasteiger partial charge >= 0.3 is 0 Å². The maximum absolute atomic E-state index is 11.6. The predicted octanol–water partition coefficient (Wildman–Crippen LogP) is 0.390. The highest BCUT2D eigenvalue weighted by molar-refractivity contribution is 5.97. The van der Waals surface area contributed by atoms with Crippen molar-refractivity contribution in [1.29, 1.82) is 0 Å². The molecule has 1 aromatic heterocycles. The van der Waals surface area contributed by atoms with Crippen molar-refractivity contribution in [3.63, 3.8) is 0 Å². The number of carbonyl (C=O) groups excluding carboxylic acids is 1. The molecule has 86 valence electrons. The Morgan fingerprint density at radius 3 is 3.06 bits per heavy atom. The van der Waals surface area contributed by atoms with Gasteiger partial charge in [-0.15, -0.1) is 5.10 Å². The molecule has 2 N–H and O–H groups in total. The van der Waals surface area contributed by atoms with Crippen LogP contribution in [0.5, 0.6) is 0 Å². The first-order chi connectivity index (χ1) is 8.29. The third kappa shape index (κ3) is 1.50. The number of nitrogens with one attached hydrogen (secondary N) is 1. The zero-order valence-electron chi connectivity index (χ0n) is 8.92. The van der Waals surface area contributed by atoms with E-state index in [1.165, 1.54) is 4.68 Å². The van der Waals surface area contributed by atoms with Crippen LogP contribution in [-0.2, 0) is 17.9 Å². The van der Waals surface area contributed by atoms with Crippen LogP contribution in [0.25, 0.3) is 11.3 Å². The highest BCUT2D eigenvalue weighted by atomic mass is 16.3. The summed E-state index contributed by atoms with van der Waals surface area (Å²) < 4.78 is 1.51. The minimum atomic E-state index is -0.197. The fourth-order valence-electron chi connectivity index (χ4n) is 1.99.